The SMILES string of the molecule is CC(=O)N1CCC[C@H](C(=O)N[C@@H](c2ccc(F)cc2)[C@@H]2CCCO2)C1. The molecule has 2 fully saturated rings. The molecule has 3 rings (SSSR count). The zero-order chi connectivity index (χ0) is 17.8. The molecule has 3 atom stereocenters. The lowest BCUT2D eigenvalue weighted by molar-refractivity contribution is -0.134. The average molecular weight is 348 g/mol. The van der Waals surface area contributed by atoms with E-state index in [4.69, 9.17) is 4.74 Å². The number of hydrogen-bond acceptors (Lipinski definition) is 3. The molecule has 0 aromatic heterocycles. The van der Waals surface area contributed by atoms with Gasteiger partial charge in [-0.25, -0.2) is 4.39 Å². The number of hydrogen-bond donors (Lipinski definition) is 1. The van der Waals surface area contributed by atoms with Gasteiger partial charge in [0.2, 0.25) is 11.8 Å². The Morgan fingerprint density at radius 3 is 2.64 bits per heavy atom. The smallest absolute Gasteiger partial charge is 0.225 e. The van der Waals surface area contributed by atoms with Crippen molar-refractivity contribution in [1.29, 1.82) is 0 Å². The molecule has 0 spiro atoms. The van der Waals surface area contributed by atoms with E-state index in [-0.39, 0.29) is 35.7 Å². The molecule has 1 aromatic rings. The van der Waals surface area contributed by atoms with Crippen molar-refractivity contribution in [3.63, 3.8) is 0 Å². The molecule has 25 heavy (non-hydrogen) atoms. The van der Waals surface area contributed by atoms with E-state index in [2.05, 4.69) is 5.32 Å². The monoisotopic (exact) mass is 348 g/mol. The van der Waals surface area contributed by atoms with E-state index in [0.717, 1.165) is 31.2 Å². The molecule has 0 saturated carbocycles. The minimum atomic E-state index is -0.300. The summed E-state index contributed by atoms with van der Waals surface area (Å²) in [6.07, 6.45) is 3.34. The molecule has 1 N–H and O–H groups in total. The van der Waals surface area contributed by atoms with Gasteiger partial charge in [0.05, 0.1) is 18.1 Å². The number of ether oxygens (including phenoxy) is 1. The summed E-state index contributed by atoms with van der Waals surface area (Å²) in [5.74, 6) is -0.560. The Balaban J connectivity index is 1.72. The lowest BCUT2D eigenvalue weighted by Crippen LogP contribution is -2.47. The summed E-state index contributed by atoms with van der Waals surface area (Å²) in [5, 5.41) is 3.10. The Hall–Kier alpha value is -1.95. The van der Waals surface area contributed by atoms with E-state index in [1.54, 1.807) is 17.0 Å². The molecule has 2 saturated heterocycles. The van der Waals surface area contributed by atoms with Crippen molar-refractivity contribution in [1.82, 2.24) is 10.2 Å². The van der Waals surface area contributed by atoms with Crippen LogP contribution in [0, 0.1) is 11.7 Å². The maximum absolute atomic E-state index is 13.2. The van der Waals surface area contributed by atoms with Crippen LogP contribution in [0.15, 0.2) is 24.3 Å². The number of amides is 2. The maximum Gasteiger partial charge on any atom is 0.225 e. The van der Waals surface area contributed by atoms with Gasteiger partial charge < -0.3 is 15.0 Å². The van der Waals surface area contributed by atoms with Crippen LogP contribution in [0.3, 0.4) is 0 Å². The summed E-state index contributed by atoms with van der Waals surface area (Å²) in [7, 11) is 0. The van der Waals surface area contributed by atoms with Crippen molar-refractivity contribution in [2.45, 2.75) is 44.8 Å². The fraction of sp³-hybridized carbons (Fsp3) is 0.579. The van der Waals surface area contributed by atoms with Gasteiger partial charge in [0.1, 0.15) is 5.82 Å². The minimum Gasteiger partial charge on any atom is -0.376 e. The molecule has 136 valence electrons. The molecular weight excluding hydrogens is 323 g/mol. The first-order chi connectivity index (χ1) is 12.0. The van der Waals surface area contributed by atoms with Gasteiger partial charge in [-0.15, -0.1) is 0 Å². The maximum atomic E-state index is 13.2. The highest BCUT2D eigenvalue weighted by Crippen LogP contribution is 2.28. The van der Waals surface area contributed by atoms with Crippen LogP contribution in [-0.2, 0) is 14.3 Å². The number of nitrogens with zero attached hydrogens (tertiary/aromatic N) is 1. The molecule has 5 nitrogen and oxygen atoms in total. The first kappa shape index (κ1) is 17.9. The molecule has 0 aliphatic carbocycles. The molecule has 1 aromatic carbocycles. The number of carbonyl (C=O) groups is 2. The van der Waals surface area contributed by atoms with E-state index >= 15 is 0 Å². The van der Waals surface area contributed by atoms with Crippen LogP contribution < -0.4 is 5.32 Å². The third kappa shape index (κ3) is 4.37. The first-order valence-electron chi connectivity index (χ1n) is 8.97. The van der Waals surface area contributed by atoms with Gasteiger partial charge in [0, 0.05) is 26.6 Å². The highest BCUT2D eigenvalue weighted by Gasteiger charge is 2.33. The van der Waals surface area contributed by atoms with Crippen molar-refractivity contribution in [2.75, 3.05) is 19.7 Å². The van der Waals surface area contributed by atoms with Crippen LogP contribution in [0.2, 0.25) is 0 Å². The fourth-order valence-electron chi connectivity index (χ4n) is 3.67. The quantitative estimate of drug-likeness (QED) is 0.909. The molecule has 6 heteroatoms. The van der Waals surface area contributed by atoms with E-state index in [0.29, 0.717) is 19.7 Å². The van der Waals surface area contributed by atoms with Gasteiger partial charge in [-0.05, 0) is 43.4 Å². The molecule has 0 radical (unpaired) electrons. The summed E-state index contributed by atoms with van der Waals surface area (Å²) in [4.78, 5) is 26.1. The van der Waals surface area contributed by atoms with E-state index in [1.165, 1.54) is 19.1 Å². The van der Waals surface area contributed by atoms with Gasteiger partial charge in [0.15, 0.2) is 0 Å². The average Bonchev–Trinajstić information content (AvgIpc) is 3.15. The van der Waals surface area contributed by atoms with E-state index < -0.39 is 0 Å². The van der Waals surface area contributed by atoms with Crippen molar-refractivity contribution >= 4 is 11.8 Å². The molecular formula is C19H25FN2O3. The Bertz CT molecular complexity index is 614. The van der Waals surface area contributed by atoms with Crippen molar-refractivity contribution in [3.05, 3.63) is 35.6 Å². The van der Waals surface area contributed by atoms with Gasteiger partial charge >= 0.3 is 0 Å². The number of likely N-dealkylation sites (tertiary alicyclic amines) is 1. The zero-order valence-electron chi connectivity index (χ0n) is 14.5. The van der Waals surface area contributed by atoms with Crippen molar-refractivity contribution in [3.8, 4) is 0 Å². The lowest BCUT2D eigenvalue weighted by Gasteiger charge is -2.33. The minimum absolute atomic E-state index is 0.00621. The summed E-state index contributed by atoms with van der Waals surface area (Å²) < 4.78 is 19.0. The van der Waals surface area contributed by atoms with Crippen LogP contribution >= 0.6 is 0 Å². The molecule has 2 aliphatic heterocycles. The van der Waals surface area contributed by atoms with Crippen LogP contribution in [0.1, 0.15) is 44.2 Å². The molecule has 2 amide bonds. The highest BCUT2D eigenvalue weighted by molar-refractivity contribution is 5.81. The molecule has 2 aliphatic rings. The topological polar surface area (TPSA) is 58.6 Å². The summed E-state index contributed by atoms with van der Waals surface area (Å²) in [6, 6.07) is 5.92. The summed E-state index contributed by atoms with van der Waals surface area (Å²) >= 11 is 0. The second-order valence-corrected chi connectivity index (χ2v) is 6.89. The van der Waals surface area contributed by atoms with Gasteiger partial charge in [0.25, 0.3) is 0 Å². The number of carbonyl (C=O) groups excluding carboxylic acids is 2. The third-order valence-corrected chi connectivity index (χ3v) is 5.10. The van der Waals surface area contributed by atoms with Crippen LogP contribution in [0.4, 0.5) is 4.39 Å². The molecule has 0 bridgehead atoms. The Morgan fingerprint density at radius 2 is 2.00 bits per heavy atom. The summed E-state index contributed by atoms with van der Waals surface area (Å²) in [6.45, 7) is 3.39. The Morgan fingerprint density at radius 1 is 1.24 bits per heavy atom. The number of rotatable bonds is 4. The van der Waals surface area contributed by atoms with Crippen LogP contribution in [0.25, 0.3) is 0 Å². The van der Waals surface area contributed by atoms with Crippen molar-refractivity contribution < 1.29 is 18.7 Å². The highest BCUT2D eigenvalue weighted by atomic mass is 19.1. The molecule has 0 unspecified atom stereocenters. The standard InChI is InChI=1S/C19H25FN2O3/c1-13(23)22-10-2-4-15(12-22)19(24)21-18(17-5-3-11-25-17)14-6-8-16(20)9-7-14/h6-9,15,17-18H,2-5,10-12H2,1H3,(H,21,24)/t15-,17-,18-/m0/s1. The van der Waals surface area contributed by atoms with Gasteiger partial charge in [-0.3, -0.25) is 9.59 Å². The lowest BCUT2D eigenvalue weighted by atomic mass is 9.94. The Kier molecular flexibility index (Phi) is 5.68. The van der Waals surface area contributed by atoms with E-state index in [1.807, 2.05) is 0 Å². The number of piperidine rings is 1. The largest absolute Gasteiger partial charge is 0.376 e. The number of benzene rings is 1. The van der Waals surface area contributed by atoms with Gasteiger partial charge in [-0.1, -0.05) is 12.1 Å². The number of halogens is 1. The Labute approximate surface area is 147 Å². The van der Waals surface area contributed by atoms with Crippen LogP contribution in [-0.4, -0.2) is 42.5 Å². The zero-order valence-corrected chi connectivity index (χ0v) is 14.5. The van der Waals surface area contributed by atoms with Gasteiger partial charge in [-0.2, -0.15) is 0 Å². The van der Waals surface area contributed by atoms with Crippen molar-refractivity contribution in [2.24, 2.45) is 5.92 Å². The second-order valence-electron chi connectivity index (χ2n) is 6.89. The first-order valence-corrected chi connectivity index (χ1v) is 8.97. The third-order valence-electron chi connectivity index (χ3n) is 5.10. The summed E-state index contributed by atoms with van der Waals surface area (Å²) in [5.41, 5.74) is 0.848. The predicted octanol–water partition coefficient (Wildman–Crippen LogP) is 2.42. The fourth-order valence-corrected chi connectivity index (χ4v) is 3.67. The molecule has 2 heterocycles. The van der Waals surface area contributed by atoms with Crippen LogP contribution in [0.5, 0.6) is 0 Å². The number of nitrogens with one attached hydrogen (secondary N) is 1. The van der Waals surface area contributed by atoms with E-state index in [9.17, 15) is 14.0 Å². The second kappa shape index (κ2) is 7.95. The normalized spacial score (nSPS) is 24.8. The predicted molar refractivity (Wildman–Crippen MR) is 91.2 cm³/mol.